The first-order valence-electron chi connectivity index (χ1n) is 8.20. The van der Waals surface area contributed by atoms with E-state index in [1.54, 1.807) is 6.07 Å². The lowest BCUT2D eigenvalue weighted by molar-refractivity contribution is -0.137. The molecule has 0 bridgehead atoms. The summed E-state index contributed by atoms with van der Waals surface area (Å²) in [5.74, 6) is -0.708. The zero-order chi connectivity index (χ0) is 20.9. The summed E-state index contributed by atoms with van der Waals surface area (Å²) in [5.41, 5.74) is -0.291. The maximum Gasteiger partial charge on any atom is 0.417 e. The topological polar surface area (TPSA) is 90.1 Å². The number of hydrogen-bond donors (Lipinski definition) is 3. The summed E-state index contributed by atoms with van der Waals surface area (Å²) in [5, 5.41) is 11.1. The Balaban J connectivity index is 1.85. The van der Waals surface area contributed by atoms with Gasteiger partial charge in [-0.2, -0.15) is 18.3 Å². The first-order chi connectivity index (χ1) is 13.0. The van der Waals surface area contributed by atoms with Crippen molar-refractivity contribution < 1.29 is 22.8 Å². The van der Waals surface area contributed by atoms with E-state index in [0.717, 1.165) is 17.8 Å². The van der Waals surface area contributed by atoms with Crippen molar-refractivity contribution in [3.05, 3.63) is 40.5 Å². The Hall–Kier alpha value is -2.59. The lowest BCUT2D eigenvalue weighted by Crippen LogP contribution is -2.18. The molecule has 0 atom stereocenters. The molecule has 2 rings (SSSR count). The zero-order valence-electron chi connectivity index (χ0n) is 15.2. The molecule has 0 saturated heterocycles. The second-order valence-electron chi connectivity index (χ2n) is 6.30. The molecule has 152 valence electrons. The van der Waals surface area contributed by atoms with Crippen molar-refractivity contribution >= 4 is 34.9 Å². The van der Waals surface area contributed by atoms with Crippen LogP contribution in [0.2, 0.25) is 5.02 Å². The smallest absolute Gasteiger partial charge is 0.326 e. The molecule has 1 heterocycles. The monoisotopic (exact) mass is 417 g/mol. The highest BCUT2D eigenvalue weighted by Gasteiger charge is 2.33. The summed E-state index contributed by atoms with van der Waals surface area (Å²) in [6.45, 7) is 0.617. The number of carbonyl (C=O) groups excluding carboxylic acids is 2. The van der Waals surface area contributed by atoms with E-state index in [2.05, 4.69) is 20.8 Å². The molecule has 2 aromatic rings. The Labute approximate surface area is 164 Å². The molecule has 11 heteroatoms. The number of aromatic nitrogens is 2. The molecule has 0 saturated carbocycles. The highest BCUT2D eigenvalue weighted by molar-refractivity contribution is 6.31. The van der Waals surface area contributed by atoms with Gasteiger partial charge in [-0.15, -0.1) is 0 Å². The molecule has 0 fully saturated rings. The van der Waals surface area contributed by atoms with Gasteiger partial charge in [-0.1, -0.05) is 11.6 Å². The second kappa shape index (κ2) is 9.07. The Kier molecular flexibility index (Phi) is 7.03. The third-order valence-electron chi connectivity index (χ3n) is 3.52. The average molecular weight is 418 g/mol. The third-order valence-corrected chi connectivity index (χ3v) is 3.85. The summed E-state index contributed by atoms with van der Waals surface area (Å²) in [6.07, 6.45) is -4.99. The lowest BCUT2D eigenvalue weighted by Gasteiger charge is -2.11. The summed E-state index contributed by atoms with van der Waals surface area (Å²) >= 11 is 5.53. The van der Waals surface area contributed by atoms with Gasteiger partial charge in [-0.3, -0.25) is 14.7 Å². The predicted octanol–water partition coefficient (Wildman–Crippen LogP) is 3.50. The predicted molar refractivity (Wildman–Crippen MR) is 98.9 cm³/mol. The normalized spacial score (nSPS) is 11.5. The van der Waals surface area contributed by atoms with Crippen LogP contribution in [-0.2, 0) is 22.3 Å². The Morgan fingerprint density at radius 2 is 1.79 bits per heavy atom. The van der Waals surface area contributed by atoms with E-state index in [-0.39, 0.29) is 18.5 Å². The number of anilines is 2. The summed E-state index contributed by atoms with van der Waals surface area (Å²) in [6, 6.07) is 4.72. The van der Waals surface area contributed by atoms with Crippen LogP contribution in [0.3, 0.4) is 0 Å². The maximum atomic E-state index is 12.8. The number of halogens is 4. The van der Waals surface area contributed by atoms with Crippen LogP contribution in [-0.4, -0.2) is 41.0 Å². The van der Waals surface area contributed by atoms with Crippen LogP contribution in [0.4, 0.5) is 24.7 Å². The fraction of sp³-hybridized carbons (Fsp3) is 0.353. The highest BCUT2D eigenvalue weighted by Crippen LogP contribution is 2.36. The standard InChI is InChI=1S/C17H19ClF3N5O2/c1-26(2)9-11-8-14(25-24-11)23-16(28)6-5-15(27)22-10-3-4-13(18)12(7-10)17(19,20)21/h3-4,7-8H,5-6,9H2,1-2H3,(H,22,27)(H2,23,24,25,28). The van der Waals surface area contributed by atoms with Crippen molar-refractivity contribution in [1.82, 2.24) is 15.1 Å². The number of aromatic amines is 1. The molecule has 0 aliphatic heterocycles. The van der Waals surface area contributed by atoms with Crippen molar-refractivity contribution in [3.63, 3.8) is 0 Å². The van der Waals surface area contributed by atoms with Crippen LogP contribution in [0.25, 0.3) is 0 Å². The van der Waals surface area contributed by atoms with E-state index in [1.165, 1.54) is 6.07 Å². The van der Waals surface area contributed by atoms with Crippen molar-refractivity contribution in [3.8, 4) is 0 Å². The fourth-order valence-corrected chi connectivity index (χ4v) is 2.55. The summed E-state index contributed by atoms with van der Waals surface area (Å²) < 4.78 is 38.5. The number of alkyl halides is 3. The average Bonchev–Trinajstić information content (AvgIpc) is 2.99. The highest BCUT2D eigenvalue weighted by atomic mass is 35.5. The Morgan fingerprint density at radius 1 is 1.14 bits per heavy atom. The quantitative estimate of drug-likeness (QED) is 0.643. The molecule has 0 aliphatic carbocycles. The SMILES string of the molecule is CN(C)Cc1cc(NC(=O)CCC(=O)Nc2ccc(Cl)c(C(F)(F)F)c2)n[nH]1. The van der Waals surface area contributed by atoms with Crippen LogP contribution in [0.1, 0.15) is 24.1 Å². The number of carbonyl (C=O) groups is 2. The number of amides is 2. The van der Waals surface area contributed by atoms with Crippen LogP contribution < -0.4 is 10.6 Å². The molecule has 2 amide bonds. The van der Waals surface area contributed by atoms with Crippen LogP contribution in [0.15, 0.2) is 24.3 Å². The van der Waals surface area contributed by atoms with Gasteiger partial charge in [0.05, 0.1) is 16.3 Å². The van der Waals surface area contributed by atoms with Gasteiger partial charge in [0.2, 0.25) is 11.8 Å². The fourth-order valence-electron chi connectivity index (χ4n) is 2.32. The Morgan fingerprint density at radius 3 is 2.39 bits per heavy atom. The minimum Gasteiger partial charge on any atom is -0.326 e. The number of hydrogen-bond acceptors (Lipinski definition) is 4. The van der Waals surface area contributed by atoms with Gasteiger partial charge in [0.25, 0.3) is 0 Å². The van der Waals surface area contributed by atoms with E-state index < -0.39 is 28.6 Å². The van der Waals surface area contributed by atoms with E-state index in [9.17, 15) is 22.8 Å². The molecule has 0 unspecified atom stereocenters. The van der Waals surface area contributed by atoms with Crippen LogP contribution in [0.5, 0.6) is 0 Å². The van der Waals surface area contributed by atoms with Gasteiger partial charge in [0.1, 0.15) is 0 Å². The van der Waals surface area contributed by atoms with Gasteiger partial charge in [0, 0.05) is 31.1 Å². The number of H-pyrrole nitrogens is 1. The largest absolute Gasteiger partial charge is 0.417 e. The molecule has 0 radical (unpaired) electrons. The Bertz CT molecular complexity index is 852. The molecular weight excluding hydrogens is 399 g/mol. The molecule has 0 aliphatic rings. The van der Waals surface area contributed by atoms with Gasteiger partial charge in [-0.25, -0.2) is 0 Å². The molecule has 1 aromatic carbocycles. The lowest BCUT2D eigenvalue weighted by atomic mass is 10.2. The van der Waals surface area contributed by atoms with E-state index in [1.807, 2.05) is 19.0 Å². The van der Waals surface area contributed by atoms with E-state index in [0.29, 0.717) is 12.4 Å². The third kappa shape index (κ3) is 6.54. The van der Waals surface area contributed by atoms with Gasteiger partial charge in [0.15, 0.2) is 5.82 Å². The minimum atomic E-state index is -4.63. The van der Waals surface area contributed by atoms with Crippen LogP contribution >= 0.6 is 11.6 Å². The van der Waals surface area contributed by atoms with Crippen LogP contribution in [0, 0.1) is 0 Å². The minimum absolute atomic E-state index is 0.0530. The number of nitrogens with one attached hydrogen (secondary N) is 3. The molecule has 0 spiro atoms. The van der Waals surface area contributed by atoms with E-state index >= 15 is 0 Å². The zero-order valence-corrected chi connectivity index (χ0v) is 15.9. The molecular formula is C17H19ClF3N5O2. The second-order valence-corrected chi connectivity index (χ2v) is 6.71. The summed E-state index contributed by atoms with van der Waals surface area (Å²) in [7, 11) is 3.77. The van der Waals surface area contributed by atoms with Crippen molar-refractivity contribution in [1.29, 1.82) is 0 Å². The first kappa shape index (κ1) is 21.7. The maximum absolute atomic E-state index is 12.8. The van der Waals surface area contributed by atoms with Crippen molar-refractivity contribution in [2.45, 2.75) is 25.6 Å². The number of nitrogens with zero attached hydrogens (tertiary/aromatic N) is 2. The number of rotatable bonds is 7. The van der Waals surface area contributed by atoms with Gasteiger partial charge in [-0.05, 0) is 32.3 Å². The van der Waals surface area contributed by atoms with E-state index in [4.69, 9.17) is 11.6 Å². The van der Waals surface area contributed by atoms with Gasteiger partial charge >= 0.3 is 6.18 Å². The van der Waals surface area contributed by atoms with Crippen molar-refractivity contribution in [2.75, 3.05) is 24.7 Å². The summed E-state index contributed by atoms with van der Waals surface area (Å²) in [4.78, 5) is 25.7. The number of benzene rings is 1. The molecule has 1 aromatic heterocycles. The molecule has 3 N–H and O–H groups in total. The van der Waals surface area contributed by atoms with Crippen molar-refractivity contribution in [2.24, 2.45) is 0 Å². The molecule has 28 heavy (non-hydrogen) atoms. The molecule has 7 nitrogen and oxygen atoms in total. The first-order valence-corrected chi connectivity index (χ1v) is 8.58. The van der Waals surface area contributed by atoms with Gasteiger partial charge < -0.3 is 15.5 Å².